The van der Waals surface area contributed by atoms with Crippen molar-refractivity contribution in [2.75, 3.05) is 14.2 Å². The van der Waals surface area contributed by atoms with Gasteiger partial charge in [-0.25, -0.2) is 4.79 Å². The van der Waals surface area contributed by atoms with Crippen LogP contribution in [0.1, 0.15) is 11.1 Å². The third-order valence-corrected chi connectivity index (χ3v) is 2.14. The van der Waals surface area contributed by atoms with Gasteiger partial charge in [-0.15, -0.1) is 0 Å². The fourth-order valence-corrected chi connectivity index (χ4v) is 1.28. The molecule has 0 aliphatic heterocycles. The number of methoxy groups -OCH3 is 2. The molecule has 0 amide bonds. The second-order valence-electron chi connectivity index (χ2n) is 3.31. The zero-order valence-electron chi connectivity index (χ0n) is 9.75. The second kappa shape index (κ2) is 5.57. The van der Waals surface area contributed by atoms with Gasteiger partial charge in [0, 0.05) is 6.08 Å². The van der Waals surface area contributed by atoms with Gasteiger partial charge in [-0.05, 0) is 23.8 Å². The first-order valence-electron chi connectivity index (χ1n) is 4.89. The van der Waals surface area contributed by atoms with Crippen LogP contribution in [0.4, 0.5) is 13.2 Å². The summed E-state index contributed by atoms with van der Waals surface area (Å²) in [5, 5.41) is 0. The third kappa shape index (κ3) is 3.51. The average molecular weight is 260 g/mol. The van der Waals surface area contributed by atoms with Gasteiger partial charge in [0.1, 0.15) is 5.75 Å². The highest BCUT2D eigenvalue weighted by atomic mass is 19.4. The summed E-state index contributed by atoms with van der Waals surface area (Å²) in [6.45, 7) is 0. The zero-order chi connectivity index (χ0) is 13.8. The summed E-state index contributed by atoms with van der Waals surface area (Å²) in [5.74, 6) is -0.905. The SMILES string of the molecule is COC(=O)C=Cc1ccc(OC)c(C(F)(F)F)c1. The van der Waals surface area contributed by atoms with Gasteiger partial charge in [-0.2, -0.15) is 13.2 Å². The van der Waals surface area contributed by atoms with Crippen LogP contribution in [0, 0.1) is 0 Å². The van der Waals surface area contributed by atoms with Crippen LogP contribution in [0.3, 0.4) is 0 Å². The van der Waals surface area contributed by atoms with Crippen LogP contribution < -0.4 is 4.74 Å². The van der Waals surface area contributed by atoms with Crippen molar-refractivity contribution in [1.29, 1.82) is 0 Å². The molecule has 0 N–H and O–H groups in total. The number of halogens is 3. The van der Waals surface area contributed by atoms with Crippen LogP contribution in [0.2, 0.25) is 0 Å². The average Bonchev–Trinajstić information content (AvgIpc) is 2.34. The fraction of sp³-hybridized carbons (Fsp3) is 0.250. The van der Waals surface area contributed by atoms with E-state index >= 15 is 0 Å². The first-order valence-corrected chi connectivity index (χ1v) is 4.89. The van der Waals surface area contributed by atoms with Crippen molar-refractivity contribution >= 4 is 12.0 Å². The predicted octanol–water partition coefficient (Wildman–Crippen LogP) is 2.90. The summed E-state index contributed by atoms with van der Waals surface area (Å²) < 4.78 is 47.0. The van der Waals surface area contributed by atoms with Gasteiger partial charge in [0.05, 0.1) is 19.8 Å². The normalized spacial score (nSPS) is 11.6. The van der Waals surface area contributed by atoms with Gasteiger partial charge in [-0.1, -0.05) is 6.07 Å². The molecule has 3 nitrogen and oxygen atoms in total. The molecule has 0 radical (unpaired) electrons. The summed E-state index contributed by atoms with van der Waals surface area (Å²) >= 11 is 0. The minimum absolute atomic E-state index is 0.230. The zero-order valence-corrected chi connectivity index (χ0v) is 9.75. The molecule has 0 saturated heterocycles. The summed E-state index contributed by atoms with van der Waals surface area (Å²) in [6.07, 6.45) is -2.23. The van der Waals surface area contributed by atoms with Crippen LogP contribution in [0.15, 0.2) is 24.3 Å². The van der Waals surface area contributed by atoms with Crippen molar-refractivity contribution in [2.45, 2.75) is 6.18 Å². The number of rotatable bonds is 3. The first kappa shape index (κ1) is 14.1. The van der Waals surface area contributed by atoms with Gasteiger partial charge < -0.3 is 9.47 Å². The lowest BCUT2D eigenvalue weighted by Crippen LogP contribution is -2.07. The maximum Gasteiger partial charge on any atom is 0.419 e. The smallest absolute Gasteiger partial charge is 0.419 e. The highest BCUT2D eigenvalue weighted by Crippen LogP contribution is 2.36. The predicted molar refractivity (Wildman–Crippen MR) is 59.0 cm³/mol. The molecular formula is C12H11F3O3. The van der Waals surface area contributed by atoms with Crippen molar-refractivity contribution in [2.24, 2.45) is 0 Å². The molecule has 0 aliphatic carbocycles. The Kier molecular flexibility index (Phi) is 4.36. The molecule has 0 saturated carbocycles. The van der Waals surface area contributed by atoms with Crippen molar-refractivity contribution in [1.82, 2.24) is 0 Å². The number of carbonyl (C=O) groups excluding carboxylic acids is 1. The van der Waals surface area contributed by atoms with Crippen molar-refractivity contribution in [3.63, 3.8) is 0 Å². The van der Waals surface area contributed by atoms with E-state index in [9.17, 15) is 18.0 Å². The molecular weight excluding hydrogens is 249 g/mol. The van der Waals surface area contributed by atoms with Crippen LogP contribution in [0.5, 0.6) is 5.75 Å². The minimum atomic E-state index is -4.51. The second-order valence-corrected chi connectivity index (χ2v) is 3.31. The van der Waals surface area contributed by atoms with E-state index in [4.69, 9.17) is 0 Å². The Bertz CT molecular complexity index is 464. The lowest BCUT2D eigenvalue weighted by Gasteiger charge is -2.12. The topological polar surface area (TPSA) is 35.5 Å². The molecule has 0 aromatic heterocycles. The van der Waals surface area contributed by atoms with E-state index in [-0.39, 0.29) is 11.3 Å². The molecule has 98 valence electrons. The van der Waals surface area contributed by atoms with E-state index in [0.717, 1.165) is 19.3 Å². The van der Waals surface area contributed by atoms with Gasteiger partial charge >= 0.3 is 12.1 Å². The Morgan fingerprint density at radius 2 is 1.94 bits per heavy atom. The van der Waals surface area contributed by atoms with Gasteiger partial charge in [0.25, 0.3) is 0 Å². The van der Waals surface area contributed by atoms with Crippen LogP contribution in [-0.4, -0.2) is 20.2 Å². The maximum absolute atomic E-state index is 12.7. The molecule has 1 aromatic rings. The molecule has 0 spiro atoms. The number of ether oxygens (including phenoxy) is 2. The van der Waals surface area contributed by atoms with Crippen molar-refractivity contribution < 1.29 is 27.4 Å². The molecule has 0 bridgehead atoms. The highest BCUT2D eigenvalue weighted by molar-refractivity contribution is 5.87. The number of carbonyl (C=O) groups is 1. The Labute approximate surface area is 102 Å². The van der Waals surface area contributed by atoms with Crippen LogP contribution >= 0.6 is 0 Å². The summed E-state index contributed by atoms with van der Waals surface area (Å²) in [7, 11) is 2.34. The summed E-state index contributed by atoms with van der Waals surface area (Å²) in [6, 6.07) is 3.51. The maximum atomic E-state index is 12.7. The van der Waals surface area contributed by atoms with E-state index in [2.05, 4.69) is 9.47 Å². The third-order valence-electron chi connectivity index (χ3n) is 2.14. The van der Waals surface area contributed by atoms with Gasteiger partial charge in [-0.3, -0.25) is 0 Å². The Hall–Kier alpha value is -1.98. The summed E-state index contributed by atoms with van der Waals surface area (Å²) in [4.78, 5) is 10.8. The highest BCUT2D eigenvalue weighted by Gasteiger charge is 2.34. The van der Waals surface area contributed by atoms with E-state index in [1.165, 1.54) is 25.3 Å². The van der Waals surface area contributed by atoms with Crippen LogP contribution in [-0.2, 0) is 15.7 Å². The van der Waals surface area contributed by atoms with E-state index < -0.39 is 17.7 Å². The number of benzene rings is 1. The monoisotopic (exact) mass is 260 g/mol. The number of alkyl halides is 3. The molecule has 18 heavy (non-hydrogen) atoms. The molecule has 6 heteroatoms. The lowest BCUT2D eigenvalue weighted by atomic mass is 10.1. The molecule has 0 aliphatic rings. The first-order chi connectivity index (χ1) is 8.38. The molecule has 0 atom stereocenters. The largest absolute Gasteiger partial charge is 0.496 e. The van der Waals surface area contributed by atoms with Gasteiger partial charge in [0.2, 0.25) is 0 Å². The quantitative estimate of drug-likeness (QED) is 0.619. The van der Waals surface area contributed by atoms with E-state index in [1.807, 2.05) is 0 Å². The van der Waals surface area contributed by atoms with Crippen LogP contribution in [0.25, 0.3) is 6.08 Å². The standard InChI is InChI=1S/C12H11F3O3/c1-17-10-5-3-8(4-6-11(16)18-2)7-9(10)12(13,14)15/h3-7H,1-2H3. The Morgan fingerprint density at radius 3 is 2.44 bits per heavy atom. The molecule has 0 heterocycles. The molecule has 0 fully saturated rings. The summed E-state index contributed by atoms with van der Waals surface area (Å²) in [5.41, 5.74) is -0.662. The Balaban J connectivity index is 3.11. The molecule has 1 aromatic carbocycles. The van der Waals surface area contributed by atoms with E-state index in [1.54, 1.807) is 0 Å². The number of esters is 1. The van der Waals surface area contributed by atoms with E-state index in [0.29, 0.717) is 0 Å². The number of hydrogen-bond acceptors (Lipinski definition) is 3. The molecule has 1 rings (SSSR count). The fourth-order valence-electron chi connectivity index (χ4n) is 1.28. The lowest BCUT2D eigenvalue weighted by molar-refractivity contribution is -0.138. The minimum Gasteiger partial charge on any atom is -0.496 e. The van der Waals surface area contributed by atoms with Crippen molar-refractivity contribution in [3.05, 3.63) is 35.4 Å². The van der Waals surface area contributed by atoms with Gasteiger partial charge in [0.15, 0.2) is 0 Å². The number of hydrogen-bond donors (Lipinski definition) is 0. The molecule has 0 unspecified atom stereocenters. The Morgan fingerprint density at radius 1 is 1.28 bits per heavy atom. The van der Waals surface area contributed by atoms with Crippen molar-refractivity contribution in [3.8, 4) is 5.75 Å².